The molecule has 0 bridgehead atoms. The molecule has 1 aromatic heterocycles. The van der Waals surface area contributed by atoms with Crippen molar-refractivity contribution in [2.45, 2.75) is 33.2 Å². The Bertz CT molecular complexity index is 1160. The highest BCUT2D eigenvalue weighted by atomic mass is 16.5. The van der Waals surface area contributed by atoms with E-state index in [2.05, 4.69) is 10.6 Å². The number of carbonyl (C=O) groups excluding carboxylic acids is 4. The maximum atomic E-state index is 12.8. The van der Waals surface area contributed by atoms with Gasteiger partial charge >= 0.3 is 5.97 Å². The number of hydrogen-bond acceptors (Lipinski definition) is 6. The summed E-state index contributed by atoms with van der Waals surface area (Å²) in [5.74, 6) is -1.80. The van der Waals surface area contributed by atoms with Crippen LogP contribution >= 0.6 is 0 Å². The highest BCUT2D eigenvalue weighted by Gasteiger charge is 2.25. The van der Waals surface area contributed by atoms with Gasteiger partial charge in [0, 0.05) is 23.1 Å². The second kappa shape index (κ2) is 11.3. The molecule has 0 fully saturated rings. The number of rotatable bonds is 9. The van der Waals surface area contributed by atoms with E-state index in [1.54, 1.807) is 51.1 Å². The Labute approximate surface area is 203 Å². The maximum Gasteiger partial charge on any atom is 0.329 e. The monoisotopic (exact) mass is 476 g/mol. The number of ketones is 1. The highest BCUT2D eigenvalue weighted by Crippen LogP contribution is 2.18. The molecule has 3 aromatic rings. The number of carbonyl (C=O) groups is 4. The summed E-state index contributed by atoms with van der Waals surface area (Å²) >= 11 is 0. The lowest BCUT2D eigenvalue weighted by Gasteiger charge is -2.18. The maximum absolute atomic E-state index is 12.8. The quantitative estimate of drug-likeness (QED) is 0.356. The standard InChI is InChI=1S/C27H28N2O6/c1-27(2,3)26(33)28-20-13-11-19(12-14-20)22(30)17-35-25(32)21(16-18-8-5-4-6-9-18)29-24(31)23-10-7-15-34-23/h4-15,21H,16-17H2,1-3H3,(H,28,33)(H,29,31). The van der Waals surface area contributed by atoms with Gasteiger partial charge in [-0.2, -0.15) is 0 Å². The highest BCUT2D eigenvalue weighted by molar-refractivity contribution is 6.00. The van der Waals surface area contributed by atoms with Crippen LogP contribution < -0.4 is 10.6 Å². The van der Waals surface area contributed by atoms with E-state index in [4.69, 9.17) is 9.15 Å². The van der Waals surface area contributed by atoms with Crippen molar-refractivity contribution < 1.29 is 28.3 Å². The lowest BCUT2D eigenvalue weighted by atomic mass is 9.95. The number of furan rings is 1. The molecule has 0 saturated carbocycles. The second-order valence-electron chi connectivity index (χ2n) is 9.01. The third kappa shape index (κ3) is 7.40. The SMILES string of the molecule is CC(C)(C)C(=O)Nc1ccc(C(=O)COC(=O)C(Cc2ccccc2)NC(=O)c2ccco2)cc1. The molecule has 2 amide bonds. The summed E-state index contributed by atoms with van der Waals surface area (Å²) in [6.45, 7) is 4.92. The Kier molecular flexibility index (Phi) is 8.20. The molecule has 3 rings (SSSR count). The van der Waals surface area contributed by atoms with E-state index >= 15 is 0 Å². The van der Waals surface area contributed by atoms with Crippen LogP contribution in [-0.4, -0.2) is 36.2 Å². The minimum Gasteiger partial charge on any atom is -0.459 e. The lowest BCUT2D eigenvalue weighted by molar-refractivity contribution is -0.144. The van der Waals surface area contributed by atoms with Crippen LogP contribution in [-0.2, 0) is 20.7 Å². The first-order valence-corrected chi connectivity index (χ1v) is 11.1. The minimum absolute atomic E-state index is 0.0607. The fourth-order valence-electron chi connectivity index (χ4n) is 3.06. The fourth-order valence-corrected chi connectivity index (χ4v) is 3.06. The predicted molar refractivity (Wildman–Crippen MR) is 130 cm³/mol. The van der Waals surface area contributed by atoms with Crippen LogP contribution in [0.15, 0.2) is 77.4 Å². The summed E-state index contributed by atoms with van der Waals surface area (Å²) in [6.07, 6.45) is 1.54. The van der Waals surface area contributed by atoms with E-state index in [1.165, 1.54) is 12.3 Å². The summed E-state index contributed by atoms with van der Waals surface area (Å²) in [5.41, 5.74) is 1.15. The normalized spacial score (nSPS) is 11.9. The summed E-state index contributed by atoms with van der Waals surface area (Å²) < 4.78 is 10.3. The van der Waals surface area contributed by atoms with E-state index in [9.17, 15) is 19.2 Å². The van der Waals surface area contributed by atoms with Crippen molar-refractivity contribution in [1.82, 2.24) is 5.32 Å². The number of esters is 1. The lowest BCUT2D eigenvalue weighted by Crippen LogP contribution is -2.43. The second-order valence-corrected chi connectivity index (χ2v) is 9.01. The number of anilines is 1. The van der Waals surface area contributed by atoms with Crippen molar-refractivity contribution in [3.05, 3.63) is 89.9 Å². The molecule has 0 aliphatic carbocycles. The molecule has 1 unspecified atom stereocenters. The van der Waals surface area contributed by atoms with Crippen LogP contribution in [0.2, 0.25) is 0 Å². The Morgan fingerprint density at radius 1 is 0.914 bits per heavy atom. The molecule has 0 radical (unpaired) electrons. The largest absolute Gasteiger partial charge is 0.459 e. The molecule has 2 aromatic carbocycles. The molecule has 0 aliphatic heterocycles. The van der Waals surface area contributed by atoms with Crippen molar-refractivity contribution in [2.75, 3.05) is 11.9 Å². The molecule has 8 heteroatoms. The van der Waals surface area contributed by atoms with Crippen LogP contribution in [0.3, 0.4) is 0 Å². The predicted octanol–water partition coefficient (Wildman–Crippen LogP) is 4.03. The van der Waals surface area contributed by atoms with Gasteiger partial charge in [0.1, 0.15) is 6.04 Å². The van der Waals surface area contributed by atoms with E-state index in [1.807, 2.05) is 30.3 Å². The molecular weight excluding hydrogens is 448 g/mol. The molecule has 0 aliphatic rings. The van der Waals surface area contributed by atoms with Gasteiger partial charge < -0.3 is 19.8 Å². The van der Waals surface area contributed by atoms with Crippen molar-refractivity contribution >= 4 is 29.3 Å². The summed E-state index contributed by atoms with van der Waals surface area (Å²) in [6, 6.07) is 17.5. The van der Waals surface area contributed by atoms with Gasteiger partial charge in [0.05, 0.1) is 6.26 Å². The number of benzene rings is 2. The van der Waals surface area contributed by atoms with Crippen LogP contribution in [0.1, 0.15) is 47.2 Å². The summed E-state index contributed by atoms with van der Waals surface area (Å²) in [7, 11) is 0. The Morgan fingerprint density at radius 3 is 2.20 bits per heavy atom. The van der Waals surface area contributed by atoms with Crippen molar-refractivity contribution in [3.8, 4) is 0 Å². The smallest absolute Gasteiger partial charge is 0.329 e. The molecule has 182 valence electrons. The van der Waals surface area contributed by atoms with Crippen molar-refractivity contribution in [3.63, 3.8) is 0 Å². The molecule has 1 heterocycles. The molecule has 8 nitrogen and oxygen atoms in total. The van der Waals surface area contributed by atoms with E-state index in [0.717, 1.165) is 5.56 Å². The number of amides is 2. The van der Waals surface area contributed by atoms with Gasteiger partial charge in [-0.25, -0.2) is 4.79 Å². The number of ether oxygens (including phenoxy) is 1. The number of nitrogens with one attached hydrogen (secondary N) is 2. The molecular formula is C27H28N2O6. The van der Waals surface area contributed by atoms with Crippen molar-refractivity contribution in [2.24, 2.45) is 5.41 Å². The topological polar surface area (TPSA) is 115 Å². The fraction of sp³-hybridized carbons (Fsp3) is 0.259. The Hall–Kier alpha value is -4.20. The number of Topliss-reactive ketones (excluding diaryl/α,β-unsaturated/α-hetero) is 1. The minimum atomic E-state index is -1.02. The zero-order chi connectivity index (χ0) is 25.4. The first-order chi connectivity index (χ1) is 16.6. The molecule has 0 saturated heterocycles. The van der Waals surface area contributed by atoms with E-state index in [0.29, 0.717) is 11.3 Å². The van der Waals surface area contributed by atoms with Gasteiger partial charge in [-0.1, -0.05) is 51.1 Å². The average molecular weight is 477 g/mol. The Morgan fingerprint density at radius 2 is 1.60 bits per heavy atom. The average Bonchev–Trinajstić information content (AvgIpc) is 3.38. The summed E-state index contributed by atoms with van der Waals surface area (Å²) in [4.78, 5) is 49.9. The third-order valence-corrected chi connectivity index (χ3v) is 5.11. The third-order valence-electron chi connectivity index (χ3n) is 5.11. The first-order valence-electron chi connectivity index (χ1n) is 11.1. The zero-order valence-corrected chi connectivity index (χ0v) is 19.9. The van der Waals surface area contributed by atoms with Gasteiger partial charge in [0.15, 0.2) is 18.2 Å². The van der Waals surface area contributed by atoms with Gasteiger partial charge in [-0.15, -0.1) is 0 Å². The van der Waals surface area contributed by atoms with E-state index in [-0.39, 0.29) is 18.1 Å². The van der Waals surface area contributed by atoms with Crippen LogP contribution in [0.4, 0.5) is 5.69 Å². The van der Waals surface area contributed by atoms with Gasteiger partial charge in [-0.3, -0.25) is 14.4 Å². The van der Waals surface area contributed by atoms with Crippen molar-refractivity contribution in [1.29, 1.82) is 0 Å². The Balaban J connectivity index is 1.62. The van der Waals surface area contributed by atoms with Crippen LogP contribution in [0.25, 0.3) is 0 Å². The molecule has 1 atom stereocenters. The van der Waals surface area contributed by atoms with Gasteiger partial charge in [-0.05, 0) is 42.0 Å². The van der Waals surface area contributed by atoms with E-state index < -0.39 is 35.7 Å². The van der Waals surface area contributed by atoms with Crippen LogP contribution in [0.5, 0.6) is 0 Å². The number of hydrogen-bond donors (Lipinski definition) is 2. The zero-order valence-electron chi connectivity index (χ0n) is 19.9. The molecule has 0 spiro atoms. The summed E-state index contributed by atoms with van der Waals surface area (Å²) in [5, 5.41) is 5.39. The molecule has 35 heavy (non-hydrogen) atoms. The first kappa shape index (κ1) is 25.4. The van der Waals surface area contributed by atoms with Gasteiger partial charge in [0.2, 0.25) is 5.91 Å². The molecule has 2 N–H and O–H groups in total. The van der Waals surface area contributed by atoms with Gasteiger partial charge in [0.25, 0.3) is 5.91 Å². The van der Waals surface area contributed by atoms with Crippen LogP contribution in [0, 0.1) is 5.41 Å².